The van der Waals surface area contributed by atoms with E-state index < -0.39 is 11.6 Å². The summed E-state index contributed by atoms with van der Waals surface area (Å²) >= 11 is 1.69. The molecule has 1 fully saturated rings. The summed E-state index contributed by atoms with van der Waals surface area (Å²) in [6, 6.07) is 7.93. The molecule has 3 nitrogen and oxygen atoms in total. The maximum atomic E-state index is 13.6. The third-order valence-electron chi connectivity index (χ3n) is 3.98. The number of carbonyl (C=O) groups excluding carboxylic acids is 1. The predicted octanol–water partition coefficient (Wildman–Crippen LogP) is 2.38. The molecule has 1 saturated heterocycles. The number of rotatable bonds is 4. The molecule has 2 heterocycles. The van der Waals surface area contributed by atoms with Crippen molar-refractivity contribution in [3.8, 4) is 0 Å². The molecule has 1 amide bonds. The quantitative estimate of drug-likeness (QED) is 0.890. The van der Waals surface area contributed by atoms with E-state index in [-0.39, 0.29) is 18.1 Å². The molecule has 1 unspecified atom stereocenters. The van der Waals surface area contributed by atoms with E-state index >= 15 is 0 Å². The van der Waals surface area contributed by atoms with Crippen molar-refractivity contribution in [1.82, 2.24) is 0 Å². The summed E-state index contributed by atoms with van der Waals surface area (Å²) in [4.78, 5) is 14.5. The number of benzene rings is 1. The first kappa shape index (κ1) is 15.1. The SMILES string of the molecule is O=C(C[NH+]1CCC[C@H]1c1cccs1)Nc1c(F)cccc1F. The summed E-state index contributed by atoms with van der Waals surface area (Å²) in [5.74, 6) is -1.86. The lowest BCUT2D eigenvalue weighted by molar-refractivity contribution is -0.910. The van der Waals surface area contributed by atoms with Gasteiger partial charge in [0.05, 0.1) is 11.4 Å². The van der Waals surface area contributed by atoms with Gasteiger partial charge in [0.2, 0.25) is 0 Å². The normalized spacial score (nSPS) is 21.0. The van der Waals surface area contributed by atoms with Crippen molar-refractivity contribution in [2.24, 2.45) is 0 Å². The van der Waals surface area contributed by atoms with Crippen molar-refractivity contribution < 1.29 is 18.5 Å². The van der Waals surface area contributed by atoms with Gasteiger partial charge < -0.3 is 10.2 Å². The van der Waals surface area contributed by atoms with Crippen LogP contribution in [0.4, 0.5) is 14.5 Å². The number of nitrogens with one attached hydrogen (secondary N) is 2. The summed E-state index contributed by atoms with van der Waals surface area (Å²) in [6.07, 6.45) is 2.09. The lowest BCUT2D eigenvalue weighted by atomic mass is 10.2. The number of thiophene rings is 1. The first-order chi connectivity index (χ1) is 10.6. The minimum absolute atomic E-state index is 0.219. The number of halogens is 2. The summed E-state index contributed by atoms with van der Waals surface area (Å²) in [5.41, 5.74) is -0.362. The smallest absolute Gasteiger partial charge is 0.279 e. The number of hydrogen-bond acceptors (Lipinski definition) is 2. The van der Waals surface area contributed by atoms with Crippen LogP contribution in [-0.4, -0.2) is 19.0 Å². The Morgan fingerprint density at radius 3 is 2.73 bits per heavy atom. The third kappa shape index (κ3) is 3.18. The monoisotopic (exact) mass is 323 g/mol. The lowest BCUT2D eigenvalue weighted by Crippen LogP contribution is -3.11. The van der Waals surface area contributed by atoms with Crippen LogP contribution < -0.4 is 10.2 Å². The van der Waals surface area contributed by atoms with Gasteiger partial charge in [-0.2, -0.15) is 0 Å². The average molecular weight is 323 g/mol. The number of carbonyl (C=O) groups is 1. The van der Waals surface area contributed by atoms with Gasteiger partial charge in [-0.25, -0.2) is 8.78 Å². The number of quaternary nitrogens is 1. The highest BCUT2D eigenvalue weighted by atomic mass is 32.1. The summed E-state index contributed by atoms with van der Waals surface area (Å²) in [7, 11) is 0. The van der Waals surface area contributed by atoms with Crippen LogP contribution in [0.2, 0.25) is 0 Å². The second-order valence-corrected chi connectivity index (χ2v) is 6.42. The zero-order valence-corrected chi connectivity index (χ0v) is 12.8. The van der Waals surface area contributed by atoms with Crippen molar-refractivity contribution in [1.29, 1.82) is 0 Å². The van der Waals surface area contributed by atoms with Gasteiger partial charge in [0.1, 0.15) is 23.4 Å². The van der Waals surface area contributed by atoms with E-state index in [0.29, 0.717) is 6.04 Å². The van der Waals surface area contributed by atoms with E-state index in [0.717, 1.165) is 36.4 Å². The van der Waals surface area contributed by atoms with Crippen LogP contribution in [0.5, 0.6) is 0 Å². The minimum atomic E-state index is -0.750. The number of likely N-dealkylation sites (tertiary alicyclic amines) is 1. The molecule has 0 saturated carbocycles. The van der Waals surface area contributed by atoms with E-state index in [1.807, 2.05) is 11.4 Å². The molecule has 2 N–H and O–H groups in total. The van der Waals surface area contributed by atoms with Gasteiger partial charge >= 0.3 is 0 Å². The van der Waals surface area contributed by atoms with Gasteiger partial charge in [-0.1, -0.05) is 12.1 Å². The molecule has 1 aromatic carbocycles. The van der Waals surface area contributed by atoms with E-state index in [9.17, 15) is 13.6 Å². The Balaban J connectivity index is 1.67. The molecule has 0 radical (unpaired) electrons. The molecule has 1 aliphatic rings. The van der Waals surface area contributed by atoms with E-state index in [1.165, 1.54) is 10.9 Å². The van der Waals surface area contributed by atoms with Gasteiger partial charge in [0.15, 0.2) is 6.54 Å². The largest absolute Gasteiger partial charge is 0.320 e. The van der Waals surface area contributed by atoms with Crippen LogP contribution >= 0.6 is 11.3 Å². The van der Waals surface area contributed by atoms with Crippen LogP contribution in [0.15, 0.2) is 35.7 Å². The van der Waals surface area contributed by atoms with E-state index in [1.54, 1.807) is 11.3 Å². The summed E-state index contributed by atoms with van der Waals surface area (Å²) in [6.45, 7) is 1.12. The fraction of sp³-hybridized carbons (Fsp3) is 0.312. The number of para-hydroxylation sites is 1. The Bertz CT molecular complexity index is 640. The Labute approximate surface area is 131 Å². The molecule has 0 bridgehead atoms. The molecule has 1 aromatic heterocycles. The minimum Gasteiger partial charge on any atom is -0.320 e. The Kier molecular flexibility index (Phi) is 4.49. The molecule has 6 heteroatoms. The van der Waals surface area contributed by atoms with Crippen LogP contribution in [-0.2, 0) is 4.79 Å². The Morgan fingerprint density at radius 2 is 2.05 bits per heavy atom. The average Bonchev–Trinajstić information content (AvgIpc) is 3.13. The molecular formula is C16H17F2N2OS+. The standard InChI is InChI=1S/C16H16F2N2OS/c17-11-4-1-5-12(18)16(11)19-15(21)10-20-8-2-6-13(20)14-7-3-9-22-14/h1,3-5,7,9,13H,2,6,8,10H2,(H,19,21)/p+1/t13-/m0/s1. The van der Waals surface area contributed by atoms with Crippen molar-refractivity contribution in [3.63, 3.8) is 0 Å². The lowest BCUT2D eigenvalue weighted by Gasteiger charge is -2.20. The van der Waals surface area contributed by atoms with Crippen molar-refractivity contribution >= 4 is 22.9 Å². The van der Waals surface area contributed by atoms with Crippen LogP contribution in [0, 0.1) is 11.6 Å². The predicted molar refractivity (Wildman–Crippen MR) is 82.0 cm³/mol. The van der Waals surface area contributed by atoms with Gasteiger partial charge in [0.25, 0.3) is 5.91 Å². The number of anilines is 1. The highest BCUT2D eigenvalue weighted by molar-refractivity contribution is 7.10. The van der Waals surface area contributed by atoms with Crippen molar-refractivity contribution in [2.45, 2.75) is 18.9 Å². The topological polar surface area (TPSA) is 33.5 Å². The van der Waals surface area contributed by atoms with Crippen LogP contribution in [0.1, 0.15) is 23.8 Å². The van der Waals surface area contributed by atoms with E-state index in [4.69, 9.17) is 0 Å². The summed E-state index contributed by atoms with van der Waals surface area (Å²) < 4.78 is 27.1. The molecule has 0 aliphatic carbocycles. The zero-order chi connectivity index (χ0) is 15.5. The molecule has 2 aromatic rings. The van der Waals surface area contributed by atoms with Gasteiger partial charge in [-0.3, -0.25) is 4.79 Å². The van der Waals surface area contributed by atoms with Crippen molar-refractivity contribution in [3.05, 3.63) is 52.2 Å². The molecule has 1 aliphatic heterocycles. The maximum absolute atomic E-state index is 13.6. The fourth-order valence-electron chi connectivity index (χ4n) is 2.96. The molecule has 116 valence electrons. The number of amides is 1. The third-order valence-corrected chi connectivity index (χ3v) is 4.97. The summed E-state index contributed by atoms with van der Waals surface area (Å²) in [5, 5.41) is 4.39. The van der Waals surface area contributed by atoms with Crippen LogP contribution in [0.3, 0.4) is 0 Å². The van der Waals surface area contributed by atoms with E-state index in [2.05, 4.69) is 11.4 Å². The first-order valence-corrected chi connectivity index (χ1v) is 8.15. The second-order valence-electron chi connectivity index (χ2n) is 5.44. The van der Waals surface area contributed by atoms with Crippen LogP contribution in [0.25, 0.3) is 0 Å². The highest BCUT2D eigenvalue weighted by Crippen LogP contribution is 2.23. The van der Waals surface area contributed by atoms with Gasteiger partial charge in [-0.05, 0) is 23.6 Å². The first-order valence-electron chi connectivity index (χ1n) is 7.27. The zero-order valence-electron chi connectivity index (χ0n) is 11.9. The molecular weight excluding hydrogens is 306 g/mol. The number of hydrogen-bond donors (Lipinski definition) is 2. The molecule has 22 heavy (non-hydrogen) atoms. The molecule has 0 spiro atoms. The van der Waals surface area contributed by atoms with Crippen molar-refractivity contribution in [2.75, 3.05) is 18.4 Å². The highest BCUT2D eigenvalue weighted by Gasteiger charge is 2.32. The molecule has 2 atom stereocenters. The van der Waals surface area contributed by atoms with Gasteiger partial charge in [0, 0.05) is 12.8 Å². The maximum Gasteiger partial charge on any atom is 0.279 e. The second kappa shape index (κ2) is 6.54. The fourth-order valence-corrected chi connectivity index (χ4v) is 3.88. The Hall–Kier alpha value is -1.79. The van der Waals surface area contributed by atoms with Gasteiger partial charge in [-0.15, -0.1) is 11.3 Å². The molecule has 3 rings (SSSR count). The Morgan fingerprint density at radius 1 is 1.27 bits per heavy atom.